The maximum atomic E-state index is 10.8. The molecule has 0 spiro atoms. The first-order valence-electron chi connectivity index (χ1n) is 5.42. The number of carbonyl (C=O) groups is 2. The van der Waals surface area contributed by atoms with Crippen molar-refractivity contribution >= 4 is 12.4 Å². The predicted molar refractivity (Wildman–Crippen MR) is 66.5 cm³/mol. The molecule has 96 valence electrons. The molecule has 0 saturated heterocycles. The van der Waals surface area contributed by atoms with Gasteiger partial charge < -0.3 is 15.2 Å². The molecule has 0 saturated carbocycles. The van der Waals surface area contributed by atoms with Crippen LogP contribution in [0.1, 0.15) is 5.56 Å². The third-order valence-electron chi connectivity index (χ3n) is 2.30. The quantitative estimate of drug-likeness (QED) is 0.532. The lowest BCUT2D eigenvalue weighted by Gasteiger charge is -2.11. The number of hydrogen-bond acceptors (Lipinski definition) is 3. The molecule has 1 atom stereocenters. The SMILES string of the molecule is C=CCOc1ccc(C[C@H](NC=O)C(=O)O)cc1. The highest BCUT2D eigenvalue weighted by atomic mass is 16.5. The zero-order chi connectivity index (χ0) is 13.4. The van der Waals surface area contributed by atoms with E-state index >= 15 is 0 Å². The Balaban J connectivity index is 2.63. The lowest BCUT2D eigenvalue weighted by Crippen LogP contribution is -2.37. The minimum absolute atomic E-state index is 0.232. The summed E-state index contributed by atoms with van der Waals surface area (Å²) in [4.78, 5) is 21.1. The Morgan fingerprint density at radius 3 is 2.61 bits per heavy atom. The predicted octanol–water partition coefficient (Wildman–Crippen LogP) is 0.993. The molecule has 5 heteroatoms. The Hall–Kier alpha value is -2.30. The van der Waals surface area contributed by atoms with Crippen molar-refractivity contribution in [1.29, 1.82) is 0 Å². The van der Waals surface area contributed by atoms with Gasteiger partial charge in [0.05, 0.1) is 0 Å². The molecule has 0 aromatic heterocycles. The van der Waals surface area contributed by atoms with E-state index in [-0.39, 0.29) is 6.42 Å². The zero-order valence-electron chi connectivity index (χ0n) is 9.83. The van der Waals surface area contributed by atoms with E-state index in [2.05, 4.69) is 11.9 Å². The van der Waals surface area contributed by atoms with Gasteiger partial charge in [0.1, 0.15) is 18.4 Å². The van der Waals surface area contributed by atoms with Crippen LogP contribution < -0.4 is 10.1 Å². The van der Waals surface area contributed by atoms with Gasteiger partial charge in [0.15, 0.2) is 0 Å². The number of carboxylic acid groups (broad SMARTS) is 1. The van der Waals surface area contributed by atoms with Crippen LogP contribution in [0.25, 0.3) is 0 Å². The first-order chi connectivity index (χ1) is 8.67. The fraction of sp³-hybridized carbons (Fsp3) is 0.231. The highest BCUT2D eigenvalue weighted by Gasteiger charge is 2.16. The molecule has 0 unspecified atom stereocenters. The molecule has 1 aromatic rings. The minimum atomic E-state index is -1.06. The topological polar surface area (TPSA) is 75.6 Å². The fourth-order valence-electron chi connectivity index (χ4n) is 1.41. The van der Waals surface area contributed by atoms with Crippen LogP contribution in [0, 0.1) is 0 Å². The minimum Gasteiger partial charge on any atom is -0.490 e. The molecule has 1 rings (SSSR count). The maximum absolute atomic E-state index is 10.8. The van der Waals surface area contributed by atoms with Crippen molar-refractivity contribution in [2.45, 2.75) is 12.5 Å². The number of rotatable bonds is 8. The maximum Gasteiger partial charge on any atom is 0.326 e. The van der Waals surface area contributed by atoms with E-state index in [1.807, 2.05) is 0 Å². The smallest absolute Gasteiger partial charge is 0.326 e. The lowest BCUT2D eigenvalue weighted by molar-refractivity contribution is -0.140. The summed E-state index contributed by atoms with van der Waals surface area (Å²) in [5, 5.41) is 11.1. The van der Waals surface area contributed by atoms with Gasteiger partial charge >= 0.3 is 5.97 Å². The summed E-state index contributed by atoms with van der Waals surface area (Å²) >= 11 is 0. The number of nitrogens with one attached hydrogen (secondary N) is 1. The van der Waals surface area contributed by atoms with Gasteiger partial charge in [-0.2, -0.15) is 0 Å². The summed E-state index contributed by atoms with van der Waals surface area (Å²) in [6.45, 7) is 3.96. The lowest BCUT2D eigenvalue weighted by atomic mass is 10.1. The zero-order valence-corrected chi connectivity index (χ0v) is 9.83. The molecule has 0 aliphatic heterocycles. The Kier molecular flexibility index (Phi) is 5.44. The fourth-order valence-corrected chi connectivity index (χ4v) is 1.41. The summed E-state index contributed by atoms with van der Waals surface area (Å²) in [5.74, 6) is -0.372. The van der Waals surface area contributed by atoms with Crippen LogP contribution >= 0.6 is 0 Å². The first-order valence-corrected chi connectivity index (χ1v) is 5.42. The van der Waals surface area contributed by atoms with Crippen molar-refractivity contribution in [2.75, 3.05) is 6.61 Å². The second kappa shape index (κ2) is 7.11. The van der Waals surface area contributed by atoms with Crippen LogP contribution in [0.4, 0.5) is 0 Å². The van der Waals surface area contributed by atoms with Crippen LogP contribution in [0.3, 0.4) is 0 Å². The highest BCUT2D eigenvalue weighted by molar-refractivity contribution is 5.76. The van der Waals surface area contributed by atoms with E-state index in [1.165, 1.54) is 0 Å². The van der Waals surface area contributed by atoms with Crippen molar-refractivity contribution in [3.63, 3.8) is 0 Å². The molecule has 0 bridgehead atoms. The van der Waals surface area contributed by atoms with Crippen molar-refractivity contribution in [3.8, 4) is 5.75 Å². The number of carboxylic acids is 1. The van der Waals surface area contributed by atoms with Crippen molar-refractivity contribution < 1.29 is 19.4 Å². The number of hydrogen-bond donors (Lipinski definition) is 2. The molecule has 0 fully saturated rings. The largest absolute Gasteiger partial charge is 0.490 e. The number of aliphatic carboxylic acids is 1. The number of ether oxygens (including phenoxy) is 1. The van der Waals surface area contributed by atoms with Crippen LogP contribution in [-0.4, -0.2) is 30.1 Å². The molecular formula is C13H15NO4. The molecule has 0 aliphatic rings. The van der Waals surface area contributed by atoms with Crippen LogP contribution in [-0.2, 0) is 16.0 Å². The Bertz CT molecular complexity index is 414. The van der Waals surface area contributed by atoms with Crippen molar-refractivity contribution in [2.24, 2.45) is 0 Å². The monoisotopic (exact) mass is 249 g/mol. The molecule has 0 heterocycles. The summed E-state index contributed by atoms with van der Waals surface area (Å²) in [6.07, 6.45) is 2.26. The Morgan fingerprint density at radius 2 is 2.11 bits per heavy atom. The number of benzene rings is 1. The van der Waals surface area contributed by atoms with E-state index in [9.17, 15) is 9.59 Å². The van der Waals surface area contributed by atoms with Crippen molar-refractivity contribution in [3.05, 3.63) is 42.5 Å². The Morgan fingerprint density at radius 1 is 1.44 bits per heavy atom. The van der Waals surface area contributed by atoms with Gasteiger partial charge in [0, 0.05) is 6.42 Å². The molecule has 5 nitrogen and oxygen atoms in total. The highest BCUT2D eigenvalue weighted by Crippen LogP contribution is 2.13. The molecular weight excluding hydrogens is 234 g/mol. The normalized spacial score (nSPS) is 11.3. The van der Waals surface area contributed by atoms with Gasteiger partial charge in [-0.3, -0.25) is 4.79 Å². The van der Waals surface area contributed by atoms with E-state index in [0.29, 0.717) is 18.8 Å². The summed E-state index contributed by atoms with van der Waals surface area (Å²) in [6, 6.07) is 6.11. The summed E-state index contributed by atoms with van der Waals surface area (Å²) in [5.41, 5.74) is 0.808. The first kappa shape index (κ1) is 13.8. The second-order valence-electron chi connectivity index (χ2n) is 3.62. The molecule has 18 heavy (non-hydrogen) atoms. The third-order valence-corrected chi connectivity index (χ3v) is 2.30. The van der Waals surface area contributed by atoms with E-state index < -0.39 is 12.0 Å². The van der Waals surface area contributed by atoms with Gasteiger partial charge in [-0.05, 0) is 17.7 Å². The van der Waals surface area contributed by atoms with E-state index in [4.69, 9.17) is 9.84 Å². The van der Waals surface area contributed by atoms with Gasteiger partial charge in [-0.15, -0.1) is 0 Å². The summed E-state index contributed by atoms with van der Waals surface area (Å²) < 4.78 is 5.30. The van der Waals surface area contributed by atoms with E-state index in [0.717, 1.165) is 5.56 Å². The molecule has 0 aliphatic carbocycles. The average molecular weight is 249 g/mol. The molecule has 0 radical (unpaired) electrons. The van der Waals surface area contributed by atoms with Crippen LogP contribution in [0.5, 0.6) is 5.75 Å². The molecule has 1 amide bonds. The average Bonchev–Trinajstić information content (AvgIpc) is 2.37. The Labute approximate surface area is 105 Å². The van der Waals surface area contributed by atoms with Gasteiger partial charge in [0.25, 0.3) is 0 Å². The van der Waals surface area contributed by atoms with Gasteiger partial charge in [-0.1, -0.05) is 24.8 Å². The third kappa shape index (κ3) is 4.29. The standard InChI is InChI=1S/C13H15NO4/c1-2-7-18-11-5-3-10(4-6-11)8-12(13(16)17)14-9-15/h2-6,9,12H,1,7-8H2,(H,14,15)(H,16,17)/t12-/m0/s1. The summed E-state index contributed by atoms with van der Waals surface area (Å²) in [7, 11) is 0. The second-order valence-corrected chi connectivity index (χ2v) is 3.62. The molecule has 1 aromatic carbocycles. The van der Waals surface area contributed by atoms with E-state index in [1.54, 1.807) is 30.3 Å². The van der Waals surface area contributed by atoms with Crippen molar-refractivity contribution in [1.82, 2.24) is 5.32 Å². The van der Waals surface area contributed by atoms with Gasteiger partial charge in [0.2, 0.25) is 6.41 Å². The van der Waals surface area contributed by atoms with Crippen LogP contribution in [0.15, 0.2) is 36.9 Å². The molecule has 2 N–H and O–H groups in total. The number of carbonyl (C=O) groups excluding carboxylic acids is 1. The number of amides is 1. The van der Waals surface area contributed by atoms with Gasteiger partial charge in [-0.25, -0.2) is 4.79 Å². The van der Waals surface area contributed by atoms with Crippen LogP contribution in [0.2, 0.25) is 0 Å².